The smallest absolute Gasteiger partial charge is 0.259 e. The number of hydrogen-bond donors (Lipinski definition) is 4. The number of nitrogen functional groups attached to an aromatic ring is 1. The molecule has 2 fully saturated rings. The molecular formula is C25H25FN6O6. The molecule has 3 atom stereocenters. The van der Waals surface area contributed by atoms with Crippen LogP contribution in [-0.4, -0.2) is 83.8 Å². The van der Waals surface area contributed by atoms with Gasteiger partial charge in [-0.1, -0.05) is 0 Å². The average Bonchev–Trinajstić information content (AvgIpc) is 2.93. The van der Waals surface area contributed by atoms with Gasteiger partial charge in [0, 0.05) is 42.6 Å². The van der Waals surface area contributed by atoms with E-state index in [2.05, 4.69) is 20.6 Å². The van der Waals surface area contributed by atoms with Crippen LogP contribution in [0.1, 0.15) is 10.4 Å². The van der Waals surface area contributed by atoms with E-state index >= 15 is 0 Å². The van der Waals surface area contributed by atoms with Gasteiger partial charge in [0.25, 0.3) is 11.8 Å². The van der Waals surface area contributed by atoms with E-state index in [-0.39, 0.29) is 36.9 Å². The molecule has 198 valence electrons. The molecule has 12 nitrogen and oxygen atoms in total. The number of rotatable bonds is 6. The van der Waals surface area contributed by atoms with E-state index < -0.39 is 41.7 Å². The van der Waals surface area contributed by atoms with E-state index in [4.69, 9.17) is 15.2 Å². The Balaban J connectivity index is 1.30. The lowest BCUT2D eigenvalue weighted by Gasteiger charge is -2.34. The van der Waals surface area contributed by atoms with Crippen LogP contribution >= 0.6 is 0 Å². The molecule has 3 heterocycles. The summed E-state index contributed by atoms with van der Waals surface area (Å²) in [4.78, 5) is 48.1. The van der Waals surface area contributed by atoms with Crippen molar-refractivity contribution >= 4 is 45.8 Å². The van der Waals surface area contributed by atoms with E-state index in [1.54, 1.807) is 18.2 Å². The Morgan fingerprint density at radius 2 is 2.05 bits per heavy atom. The molecule has 0 saturated carbocycles. The second-order valence-electron chi connectivity index (χ2n) is 8.81. The fourth-order valence-electron chi connectivity index (χ4n) is 4.34. The van der Waals surface area contributed by atoms with E-state index in [9.17, 15) is 23.9 Å². The van der Waals surface area contributed by atoms with Gasteiger partial charge < -0.3 is 35.8 Å². The zero-order valence-corrected chi connectivity index (χ0v) is 20.1. The molecule has 0 aliphatic carbocycles. The van der Waals surface area contributed by atoms with Crippen molar-refractivity contribution in [3.8, 4) is 0 Å². The number of aromatic nitrogens is 2. The third kappa shape index (κ3) is 5.17. The van der Waals surface area contributed by atoms with Crippen LogP contribution in [0.15, 0.2) is 42.6 Å². The predicted octanol–water partition coefficient (Wildman–Crippen LogP) is 0.254. The highest BCUT2D eigenvalue weighted by atomic mass is 19.1. The lowest BCUT2D eigenvalue weighted by molar-refractivity contribution is -0.150. The van der Waals surface area contributed by atoms with Crippen LogP contribution in [0.25, 0.3) is 10.9 Å². The first kappa shape index (κ1) is 25.6. The number of carbonyl (C=O) groups is 3. The van der Waals surface area contributed by atoms with Gasteiger partial charge in [-0.15, -0.1) is 0 Å². The number of aliphatic hydroxyl groups excluding tert-OH is 1. The summed E-state index contributed by atoms with van der Waals surface area (Å²) in [5.74, 6) is -2.75. The molecule has 1 aromatic heterocycles. The van der Waals surface area contributed by atoms with Gasteiger partial charge in [-0.05, 0) is 36.4 Å². The van der Waals surface area contributed by atoms with E-state index in [0.717, 1.165) is 6.07 Å². The maximum Gasteiger partial charge on any atom is 0.259 e. The van der Waals surface area contributed by atoms with Gasteiger partial charge >= 0.3 is 0 Å². The summed E-state index contributed by atoms with van der Waals surface area (Å²) in [5.41, 5.74) is 6.51. The molecule has 2 aliphatic heterocycles. The maximum atomic E-state index is 14.5. The number of benzene rings is 2. The Labute approximate surface area is 215 Å². The van der Waals surface area contributed by atoms with Crippen LogP contribution in [0.5, 0.6) is 0 Å². The minimum absolute atomic E-state index is 0.00575. The third-order valence-corrected chi connectivity index (χ3v) is 6.29. The Kier molecular flexibility index (Phi) is 7.24. The van der Waals surface area contributed by atoms with Gasteiger partial charge in [0.1, 0.15) is 11.9 Å². The van der Waals surface area contributed by atoms with Crippen molar-refractivity contribution in [1.29, 1.82) is 0 Å². The van der Waals surface area contributed by atoms with Crippen molar-refractivity contribution in [1.82, 2.24) is 15.3 Å². The first-order chi connectivity index (χ1) is 18.3. The van der Waals surface area contributed by atoms with Crippen LogP contribution in [0.4, 0.5) is 21.7 Å². The molecule has 13 heteroatoms. The quantitative estimate of drug-likeness (QED) is 0.328. The highest BCUT2D eigenvalue weighted by Gasteiger charge is 2.40. The molecule has 38 heavy (non-hydrogen) atoms. The summed E-state index contributed by atoms with van der Waals surface area (Å²) >= 11 is 0. The number of aliphatic hydroxyl groups is 1. The fraction of sp³-hybridized carbons (Fsp3) is 0.320. The number of nitrogens with two attached hydrogens (primary N) is 1. The normalized spacial score (nSPS) is 20.8. The lowest BCUT2D eigenvalue weighted by Crippen LogP contribution is -2.55. The second kappa shape index (κ2) is 10.8. The molecule has 0 spiro atoms. The standard InChI is InChI=1S/C25H25FN6O6/c26-17-3-2-15(10-16(17)20(33)19-12-28-5-7-37-19)32-6-8-38-22(24(32)36)21(34)23(35)30-14-1-4-18-13(9-14)11-29-25(27)31-18/h1-4,9-11,19,21-22,28,34H,5-8,12H2,(H,30,35)(H2,27,29,31)/t19?,21-,22-/m1/s1. The van der Waals surface area contributed by atoms with Crippen LogP contribution in [0.3, 0.4) is 0 Å². The van der Waals surface area contributed by atoms with Gasteiger partial charge in [0.05, 0.1) is 24.3 Å². The summed E-state index contributed by atoms with van der Waals surface area (Å²) in [6, 6.07) is 8.50. The monoisotopic (exact) mass is 524 g/mol. The van der Waals surface area contributed by atoms with Crippen molar-refractivity contribution in [3.63, 3.8) is 0 Å². The largest absolute Gasteiger partial charge is 0.380 e. The number of fused-ring (bicyclic) bond motifs is 1. The number of morpholine rings is 2. The number of halogens is 1. The minimum atomic E-state index is -1.84. The topological polar surface area (TPSA) is 169 Å². The zero-order chi connectivity index (χ0) is 26.8. The maximum absolute atomic E-state index is 14.5. The van der Waals surface area contributed by atoms with Gasteiger partial charge in [0.2, 0.25) is 5.95 Å². The Hall–Kier alpha value is -4.04. The number of ketones is 1. The Morgan fingerprint density at radius 1 is 1.21 bits per heavy atom. The molecule has 2 aromatic carbocycles. The molecule has 0 radical (unpaired) electrons. The zero-order valence-electron chi connectivity index (χ0n) is 20.1. The van der Waals surface area contributed by atoms with Crippen LogP contribution < -0.4 is 21.3 Å². The average molecular weight is 525 g/mol. The second-order valence-corrected chi connectivity index (χ2v) is 8.81. The summed E-state index contributed by atoms with van der Waals surface area (Å²) in [7, 11) is 0. The van der Waals surface area contributed by atoms with Crippen LogP contribution in [0, 0.1) is 5.82 Å². The van der Waals surface area contributed by atoms with Gasteiger partial charge in [-0.25, -0.2) is 14.4 Å². The van der Waals surface area contributed by atoms with Crippen LogP contribution in [0.2, 0.25) is 0 Å². The number of nitrogens with zero attached hydrogens (tertiary/aromatic N) is 3. The van der Waals surface area contributed by atoms with Crippen molar-refractivity contribution in [2.45, 2.75) is 18.3 Å². The SMILES string of the molecule is Nc1ncc2cc(NC(=O)[C@H](O)[C@H]3OCCN(c4ccc(F)c(C(=O)C5CNCCO5)c4)C3=O)ccc2n1. The highest BCUT2D eigenvalue weighted by molar-refractivity contribution is 6.05. The van der Waals surface area contributed by atoms with E-state index in [0.29, 0.717) is 29.7 Å². The van der Waals surface area contributed by atoms with Crippen molar-refractivity contribution < 1.29 is 33.4 Å². The molecular weight excluding hydrogens is 499 g/mol. The van der Waals surface area contributed by atoms with Gasteiger partial charge in [-0.3, -0.25) is 14.4 Å². The number of amides is 2. The molecule has 5 N–H and O–H groups in total. The van der Waals surface area contributed by atoms with Crippen molar-refractivity contribution in [2.75, 3.05) is 48.8 Å². The molecule has 2 saturated heterocycles. The molecule has 1 unspecified atom stereocenters. The summed E-state index contributed by atoms with van der Waals surface area (Å²) < 4.78 is 25.4. The number of nitrogens with one attached hydrogen (secondary N) is 2. The summed E-state index contributed by atoms with van der Waals surface area (Å²) in [5, 5.41) is 16.9. The molecule has 3 aromatic rings. The third-order valence-electron chi connectivity index (χ3n) is 6.29. The number of carbonyl (C=O) groups excluding carboxylic acids is 3. The molecule has 2 aliphatic rings. The van der Waals surface area contributed by atoms with E-state index in [1.165, 1.54) is 23.2 Å². The van der Waals surface area contributed by atoms with Crippen molar-refractivity contribution in [3.05, 3.63) is 54.0 Å². The molecule has 0 bridgehead atoms. The molecule has 5 rings (SSSR count). The number of hydrogen-bond acceptors (Lipinski definition) is 10. The Morgan fingerprint density at radius 3 is 2.84 bits per heavy atom. The highest BCUT2D eigenvalue weighted by Crippen LogP contribution is 2.25. The summed E-state index contributed by atoms with van der Waals surface area (Å²) in [6.45, 7) is 1.25. The number of ether oxygens (including phenoxy) is 2. The lowest BCUT2D eigenvalue weighted by atomic mass is 10.0. The molecule has 2 amide bonds. The number of anilines is 3. The Bertz CT molecular complexity index is 1400. The van der Waals surface area contributed by atoms with Gasteiger partial charge in [0.15, 0.2) is 18.0 Å². The fourth-order valence-corrected chi connectivity index (χ4v) is 4.34. The first-order valence-corrected chi connectivity index (χ1v) is 11.9. The first-order valence-electron chi connectivity index (χ1n) is 11.9. The minimum Gasteiger partial charge on any atom is -0.380 e. The summed E-state index contributed by atoms with van der Waals surface area (Å²) in [6.07, 6.45) is -2.70. The van der Waals surface area contributed by atoms with Crippen LogP contribution in [-0.2, 0) is 19.1 Å². The van der Waals surface area contributed by atoms with Crippen molar-refractivity contribution in [2.24, 2.45) is 0 Å². The number of Topliss-reactive ketones (excluding diaryl/α,β-unsaturated/α-hetero) is 1. The van der Waals surface area contributed by atoms with Gasteiger partial charge in [-0.2, -0.15) is 0 Å². The van der Waals surface area contributed by atoms with E-state index in [1.807, 2.05) is 0 Å². The predicted molar refractivity (Wildman–Crippen MR) is 134 cm³/mol.